The van der Waals surface area contributed by atoms with Gasteiger partial charge in [-0.1, -0.05) is 6.92 Å². The van der Waals surface area contributed by atoms with E-state index in [-0.39, 0.29) is 23.2 Å². The second-order valence-corrected chi connectivity index (χ2v) is 9.56. The zero-order valence-electron chi connectivity index (χ0n) is 20.2. The quantitative estimate of drug-likeness (QED) is 0.384. The first-order chi connectivity index (χ1) is 16.2. The summed E-state index contributed by atoms with van der Waals surface area (Å²) in [5.41, 5.74) is 2.14. The van der Waals surface area contributed by atoms with Gasteiger partial charge in [0, 0.05) is 67.1 Å². The molecule has 0 atom stereocenters. The van der Waals surface area contributed by atoms with Crippen LogP contribution in [0.15, 0.2) is 42.7 Å². The largest absolute Gasteiger partial charge is 0.377 e. The lowest BCUT2D eigenvalue weighted by Crippen LogP contribution is -2.46. The smallest absolute Gasteiger partial charge is 0.270 e. The molecule has 0 saturated carbocycles. The normalized spacial score (nSPS) is 14.9. The molecule has 0 spiro atoms. The maximum absolute atomic E-state index is 13.2. The van der Waals surface area contributed by atoms with Crippen LogP contribution in [0.3, 0.4) is 0 Å². The predicted molar refractivity (Wildman–Crippen MR) is 135 cm³/mol. The third-order valence-corrected chi connectivity index (χ3v) is 6.88. The molecule has 34 heavy (non-hydrogen) atoms. The number of amides is 1. The van der Waals surface area contributed by atoms with Crippen molar-refractivity contribution in [3.63, 3.8) is 0 Å². The Morgan fingerprint density at radius 3 is 2.74 bits per heavy atom. The minimum atomic E-state index is -0.440. The summed E-state index contributed by atoms with van der Waals surface area (Å²) in [5, 5.41) is 15.4. The van der Waals surface area contributed by atoms with Gasteiger partial charge in [0.25, 0.3) is 11.6 Å². The number of nitrogens with one attached hydrogen (secondary N) is 2. The molecular weight excluding hydrogens is 432 g/mol. The molecule has 180 valence electrons. The van der Waals surface area contributed by atoms with Gasteiger partial charge in [0.1, 0.15) is 0 Å². The number of benzene rings is 1. The van der Waals surface area contributed by atoms with Crippen LogP contribution < -0.4 is 10.2 Å². The van der Waals surface area contributed by atoms with Crippen molar-refractivity contribution >= 4 is 34.0 Å². The van der Waals surface area contributed by atoms with Crippen molar-refractivity contribution in [3.05, 3.63) is 58.4 Å². The van der Waals surface area contributed by atoms with Gasteiger partial charge in [0.2, 0.25) is 0 Å². The van der Waals surface area contributed by atoms with E-state index in [4.69, 9.17) is 0 Å². The molecule has 1 fully saturated rings. The summed E-state index contributed by atoms with van der Waals surface area (Å²) in [7, 11) is 2.06. The van der Waals surface area contributed by atoms with Gasteiger partial charge in [-0.15, -0.1) is 0 Å². The fraction of sp³-hybridized carbons (Fsp3) is 0.440. The first-order valence-electron chi connectivity index (χ1n) is 11.7. The van der Waals surface area contributed by atoms with Crippen LogP contribution in [0.25, 0.3) is 10.9 Å². The number of piperidine rings is 1. The van der Waals surface area contributed by atoms with Crippen LogP contribution in [0.2, 0.25) is 0 Å². The van der Waals surface area contributed by atoms with Crippen molar-refractivity contribution in [2.45, 2.75) is 51.6 Å². The summed E-state index contributed by atoms with van der Waals surface area (Å²) in [5.74, 6) is 0.815. The van der Waals surface area contributed by atoms with Crippen molar-refractivity contribution in [1.82, 2.24) is 14.9 Å². The van der Waals surface area contributed by atoms with Crippen LogP contribution in [0.5, 0.6) is 0 Å². The van der Waals surface area contributed by atoms with Gasteiger partial charge in [0.15, 0.2) is 5.82 Å². The molecular formula is C25H32N6O3. The number of hydrogen-bond acceptors (Lipinski definition) is 6. The van der Waals surface area contributed by atoms with E-state index in [1.165, 1.54) is 12.1 Å². The highest BCUT2D eigenvalue weighted by Crippen LogP contribution is 2.31. The zero-order chi connectivity index (χ0) is 24.5. The van der Waals surface area contributed by atoms with E-state index in [9.17, 15) is 14.9 Å². The monoisotopic (exact) mass is 464 g/mol. The summed E-state index contributed by atoms with van der Waals surface area (Å²) in [6, 6.07) is 8.81. The van der Waals surface area contributed by atoms with E-state index in [0.29, 0.717) is 29.6 Å². The lowest BCUT2D eigenvalue weighted by Gasteiger charge is -2.38. The molecule has 1 aliphatic heterocycles. The Kier molecular flexibility index (Phi) is 6.45. The third kappa shape index (κ3) is 4.69. The second kappa shape index (κ2) is 9.32. The van der Waals surface area contributed by atoms with E-state index in [1.54, 1.807) is 12.3 Å². The van der Waals surface area contributed by atoms with Crippen LogP contribution in [-0.2, 0) is 0 Å². The van der Waals surface area contributed by atoms with Crippen LogP contribution in [0.1, 0.15) is 50.4 Å². The van der Waals surface area contributed by atoms with E-state index in [0.717, 1.165) is 30.8 Å². The number of aromatic amines is 1. The number of anilines is 2. The van der Waals surface area contributed by atoms with Gasteiger partial charge in [-0.3, -0.25) is 14.9 Å². The second-order valence-electron chi connectivity index (χ2n) is 9.56. The van der Waals surface area contributed by atoms with Gasteiger partial charge in [-0.25, -0.2) is 4.98 Å². The first-order valence-corrected chi connectivity index (χ1v) is 11.7. The molecule has 1 aliphatic rings. The van der Waals surface area contributed by atoms with Gasteiger partial charge in [-0.2, -0.15) is 0 Å². The number of hydrogen-bond donors (Lipinski definition) is 2. The first kappa shape index (κ1) is 23.5. The Hall–Kier alpha value is -3.62. The maximum Gasteiger partial charge on any atom is 0.270 e. The average molecular weight is 465 g/mol. The summed E-state index contributed by atoms with van der Waals surface area (Å²) in [6.45, 7) is 7.74. The zero-order valence-corrected chi connectivity index (χ0v) is 20.2. The van der Waals surface area contributed by atoms with Gasteiger partial charge in [-0.05, 0) is 51.3 Å². The number of non-ortho nitro benzene ring substituents is 1. The van der Waals surface area contributed by atoms with E-state index in [1.807, 2.05) is 17.2 Å². The Morgan fingerprint density at radius 1 is 1.32 bits per heavy atom. The number of carbonyl (C=O) groups excluding carboxylic acids is 1. The highest BCUT2D eigenvalue weighted by molar-refractivity contribution is 6.07. The number of pyridine rings is 1. The van der Waals surface area contributed by atoms with Crippen molar-refractivity contribution in [1.29, 1.82) is 0 Å². The Morgan fingerprint density at radius 2 is 2.06 bits per heavy atom. The average Bonchev–Trinajstić information content (AvgIpc) is 3.26. The van der Waals surface area contributed by atoms with Crippen molar-refractivity contribution in [2.75, 3.05) is 30.4 Å². The Bertz CT molecular complexity index is 1200. The number of H-pyrrole nitrogens is 1. The molecule has 1 saturated heterocycles. The molecule has 0 unspecified atom stereocenters. The van der Waals surface area contributed by atoms with Crippen LogP contribution >= 0.6 is 0 Å². The van der Waals surface area contributed by atoms with Crippen molar-refractivity contribution < 1.29 is 9.72 Å². The Balaban J connectivity index is 1.46. The number of aromatic nitrogens is 2. The summed E-state index contributed by atoms with van der Waals surface area (Å²) >= 11 is 0. The van der Waals surface area contributed by atoms with Crippen LogP contribution in [0.4, 0.5) is 17.2 Å². The number of carbonyl (C=O) groups is 1. The number of nitro benzene ring substituents is 1. The lowest BCUT2D eigenvalue weighted by atomic mass is 10.0. The molecule has 3 aromatic rings. The molecule has 9 heteroatoms. The molecule has 1 aromatic carbocycles. The predicted octanol–water partition coefficient (Wildman–Crippen LogP) is 4.81. The van der Waals surface area contributed by atoms with Crippen LogP contribution in [-0.4, -0.2) is 57.4 Å². The van der Waals surface area contributed by atoms with Gasteiger partial charge >= 0.3 is 0 Å². The number of nitrogens with zero attached hydrogens (tertiary/aromatic N) is 4. The fourth-order valence-electron chi connectivity index (χ4n) is 4.43. The number of likely N-dealkylation sites (tertiary alicyclic amines) is 1. The summed E-state index contributed by atoms with van der Waals surface area (Å²) in [4.78, 5) is 35.7. The highest BCUT2D eigenvalue weighted by atomic mass is 16.6. The Labute approximate surface area is 199 Å². The van der Waals surface area contributed by atoms with Crippen molar-refractivity contribution in [3.8, 4) is 0 Å². The lowest BCUT2D eigenvalue weighted by molar-refractivity contribution is -0.384. The standard InChI is InChI=1S/C25H32N6O3/c1-5-25(2,3)28-22-7-6-12-26-23(22)29(4)17-10-13-30(14-11-17)24(32)20-16-27-21-9-8-18(31(33)34)15-19(20)21/h6-9,12,15-17,27-28H,5,10-11,13-14H2,1-4H3. The number of fused-ring (bicyclic) bond motifs is 1. The molecule has 4 rings (SSSR count). The molecule has 2 N–H and O–H groups in total. The molecule has 0 aliphatic carbocycles. The molecule has 0 bridgehead atoms. The fourth-order valence-corrected chi connectivity index (χ4v) is 4.43. The van der Waals surface area contributed by atoms with E-state index >= 15 is 0 Å². The van der Waals surface area contributed by atoms with E-state index in [2.05, 4.69) is 54.1 Å². The maximum atomic E-state index is 13.2. The minimum absolute atomic E-state index is 0.0208. The highest BCUT2D eigenvalue weighted by Gasteiger charge is 2.29. The van der Waals surface area contributed by atoms with Crippen molar-refractivity contribution in [2.24, 2.45) is 0 Å². The van der Waals surface area contributed by atoms with E-state index < -0.39 is 4.92 Å². The summed E-state index contributed by atoms with van der Waals surface area (Å²) in [6.07, 6.45) is 6.08. The molecule has 0 radical (unpaired) electrons. The molecule has 2 aromatic heterocycles. The molecule has 3 heterocycles. The van der Waals surface area contributed by atoms with Crippen LogP contribution in [0, 0.1) is 10.1 Å². The molecule has 1 amide bonds. The topological polar surface area (TPSA) is 107 Å². The third-order valence-electron chi connectivity index (χ3n) is 6.88. The number of rotatable bonds is 7. The molecule has 9 nitrogen and oxygen atoms in total. The summed E-state index contributed by atoms with van der Waals surface area (Å²) < 4.78 is 0. The number of nitro groups is 1. The minimum Gasteiger partial charge on any atom is -0.377 e. The SMILES string of the molecule is CCC(C)(C)Nc1cccnc1N(C)C1CCN(C(=O)c2c[nH]c3ccc([N+](=O)[O-])cc23)CC1. The van der Waals surface area contributed by atoms with Gasteiger partial charge < -0.3 is 20.1 Å². The van der Waals surface area contributed by atoms with Gasteiger partial charge in [0.05, 0.1) is 16.2 Å².